The average molecular weight is 500 g/mol. The van der Waals surface area contributed by atoms with E-state index in [1.54, 1.807) is 4.68 Å². The SMILES string of the molecule is COc1cc(F)cc(N2CCN(C(=O)Cn3nc(C(=O)N4C[C@@H](C)O[C@@H](C)C4)c4c3CCC4)CC2)c1. The van der Waals surface area contributed by atoms with Gasteiger partial charge in [0.15, 0.2) is 5.69 Å². The van der Waals surface area contributed by atoms with E-state index >= 15 is 0 Å². The van der Waals surface area contributed by atoms with Gasteiger partial charge in [0.05, 0.1) is 19.3 Å². The van der Waals surface area contributed by atoms with Gasteiger partial charge in [-0.2, -0.15) is 5.10 Å². The molecule has 2 amide bonds. The number of fused-ring (bicyclic) bond motifs is 1. The van der Waals surface area contributed by atoms with Crippen LogP contribution in [0.25, 0.3) is 0 Å². The molecule has 2 fully saturated rings. The minimum atomic E-state index is -0.346. The summed E-state index contributed by atoms with van der Waals surface area (Å²) in [5.41, 5.74) is 3.23. The van der Waals surface area contributed by atoms with Crippen LogP contribution in [0.1, 0.15) is 42.0 Å². The summed E-state index contributed by atoms with van der Waals surface area (Å²) in [6.45, 7) is 7.45. The van der Waals surface area contributed by atoms with Gasteiger partial charge in [-0.15, -0.1) is 0 Å². The van der Waals surface area contributed by atoms with E-state index in [0.717, 1.165) is 36.2 Å². The predicted molar refractivity (Wildman–Crippen MR) is 132 cm³/mol. The first kappa shape index (κ1) is 24.5. The maximum atomic E-state index is 13.9. The van der Waals surface area contributed by atoms with Crippen LogP contribution in [-0.4, -0.2) is 90.0 Å². The highest BCUT2D eigenvalue weighted by Crippen LogP contribution is 2.28. The quantitative estimate of drug-likeness (QED) is 0.627. The number of hydrogen-bond donors (Lipinski definition) is 0. The molecule has 10 heteroatoms. The summed E-state index contributed by atoms with van der Waals surface area (Å²) in [4.78, 5) is 32.2. The minimum Gasteiger partial charge on any atom is -0.497 e. The van der Waals surface area contributed by atoms with E-state index in [9.17, 15) is 14.0 Å². The van der Waals surface area contributed by atoms with Crippen LogP contribution in [0.4, 0.5) is 10.1 Å². The molecule has 194 valence electrons. The number of anilines is 1. The van der Waals surface area contributed by atoms with Crippen molar-refractivity contribution in [1.82, 2.24) is 19.6 Å². The molecule has 1 aromatic carbocycles. The third-order valence-electron chi connectivity index (χ3n) is 7.29. The van der Waals surface area contributed by atoms with E-state index in [2.05, 4.69) is 10.00 Å². The Hall–Kier alpha value is -3.14. The number of piperazine rings is 1. The zero-order chi connectivity index (χ0) is 25.4. The third kappa shape index (κ3) is 4.91. The number of halogens is 1. The molecule has 1 aromatic heterocycles. The first-order valence-corrected chi connectivity index (χ1v) is 12.7. The molecular formula is C26H34FN5O4. The third-order valence-corrected chi connectivity index (χ3v) is 7.29. The molecule has 1 aliphatic carbocycles. The second-order valence-electron chi connectivity index (χ2n) is 9.97. The van der Waals surface area contributed by atoms with Crippen molar-refractivity contribution in [3.63, 3.8) is 0 Å². The Labute approximate surface area is 210 Å². The first-order valence-electron chi connectivity index (χ1n) is 12.7. The summed E-state index contributed by atoms with van der Waals surface area (Å²) in [6.07, 6.45) is 2.58. The molecular weight excluding hydrogens is 465 g/mol. The van der Waals surface area contributed by atoms with Crippen LogP contribution in [0, 0.1) is 5.82 Å². The van der Waals surface area contributed by atoms with Crippen molar-refractivity contribution >= 4 is 17.5 Å². The van der Waals surface area contributed by atoms with Crippen molar-refractivity contribution in [2.24, 2.45) is 0 Å². The number of hydrogen-bond acceptors (Lipinski definition) is 6. The predicted octanol–water partition coefficient (Wildman–Crippen LogP) is 2.12. The van der Waals surface area contributed by atoms with E-state index in [-0.39, 0.29) is 36.4 Å². The zero-order valence-electron chi connectivity index (χ0n) is 21.2. The first-order chi connectivity index (χ1) is 17.3. The molecule has 0 spiro atoms. The van der Waals surface area contributed by atoms with E-state index in [1.807, 2.05) is 29.7 Å². The standard InChI is InChI=1S/C26H34FN5O4/c1-17-14-31(15-18(2)36-17)26(34)25-22-5-4-6-23(22)32(28-25)16-24(33)30-9-7-29(8-10-30)20-11-19(27)12-21(13-20)35-3/h11-13,17-18H,4-10,14-16H2,1-3H3/t17-,18+. The van der Waals surface area contributed by atoms with Crippen molar-refractivity contribution in [1.29, 1.82) is 0 Å². The summed E-state index contributed by atoms with van der Waals surface area (Å²) >= 11 is 0. The number of benzene rings is 1. The highest BCUT2D eigenvalue weighted by atomic mass is 19.1. The number of ether oxygens (including phenoxy) is 2. The van der Waals surface area contributed by atoms with Gasteiger partial charge < -0.3 is 24.2 Å². The lowest BCUT2D eigenvalue weighted by Gasteiger charge is -2.36. The second kappa shape index (κ2) is 10.1. The molecule has 0 N–H and O–H groups in total. The van der Waals surface area contributed by atoms with E-state index in [4.69, 9.17) is 9.47 Å². The van der Waals surface area contributed by atoms with Gasteiger partial charge in [-0.1, -0.05) is 0 Å². The number of rotatable bonds is 5. The monoisotopic (exact) mass is 499 g/mol. The number of amides is 2. The number of carbonyl (C=O) groups excluding carboxylic acids is 2. The molecule has 2 saturated heterocycles. The Balaban J connectivity index is 1.25. The van der Waals surface area contributed by atoms with Crippen LogP contribution < -0.4 is 9.64 Å². The molecule has 3 aliphatic rings. The van der Waals surface area contributed by atoms with E-state index < -0.39 is 0 Å². The Kier molecular flexibility index (Phi) is 6.87. The van der Waals surface area contributed by atoms with Gasteiger partial charge in [0, 0.05) is 68.3 Å². The van der Waals surface area contributed by atoms with Gasteiger partial charge in [-0.05, 0) is 39.2 Å². The minimum absolute atomic E-state index is 0.0125. The Morgan fingerprint density at radius 2 is 1.78 bits per heavy atom. The largest absolute Gasteiger partial charge is 0.497 e. The number of morpholine rings is 1. The zero-order valence-corrected chi connectivity index (χ0v) is 21.2. The van der Waals surface area contributed by atoms with Crippen LogP contribution in [0.3, 0.4) is 0 Å². The number of nitrogens with zero attached hydrogens (tertiary/aromatic N) is 5. The highest BCUT2D eigenvalue weighted by Gasteiger charge is 2.33. The normalized spacial score (nSPS) is 22.1. The van der Waals surface area contributed by atoms with Gasteiger partial charge >= 0.3 is 0 Å². The smallest absolute Gasteiger partial charge is 0.274 e. The average Bonchev–Trinajstić information content (AvgIpc) is 3.46. The Morgan fingerprint density at radius 3 is 2.47 bits per heavy atom. The van der Waals surface area contributed by atoms with Crippen molar-refractivity contribution < 1.29 is 23.5 Å². The van der Waals surface area contributed by atoms with Gasteiger partial charge in [-0.3, -0.25) is 14.3 Å². The molecule has 2 aliphatic heterocycles. The topological polar surface area (TPSA) is 80.1 Å². The summed E-state index contributed by atoms with van der Waals surface area (Å²) < 4.78 is 26.6. The van der Waals surface area contributed by atoms with Crippen LogP contribution >= 0.6 is 0 Å². The van der Waals surface area contributed by atoms with Crippen molar-refractivity contribution in [2.45, 2.75) is 51.9 Å². The second-order valence-corrected chi connectivity index (χ2v) is 9.97. The fraction of sp³-hybridized carbons (Fsp3) is 0.577. The number of carbonyl (C=O) groups is 2. The molecule has 5 rings (SSSR count). The van der Waals surface area contributed by atoms with Crippen LogP contribution in [0.2, 0.25) is 0 Å². The lowest BCUT2D eigenvalue weighted by atomic mass is 10.1. The summed E-state index contributed by atoms with van der Waals surface area (Å²) in [5, 5.41) is 4.65. The van der Waals surface area contributed by atoms with Gasteiger partial charge in [-0.25, -0.2) is 4.39 Å². The van der Waals surface area contributed by atoms with Gasteiger partial charge in [0.1, 0.15) is 18.1 Å². The molecule has 0 bridgehead atoms. The maximum Gasteiger partial charge on any atom is 0.274 e. The number of methoxy groups -OCH3 is 1. The maximum absolute atomic E-state index is 13.9. The lowest BCUT2D eigenvalue weighted by Crippen LogP contribution is -2.49. The van der Waals surface area contributed by atoms with Crippen molar-refractivity contribution in [3.8, 4) is 5.75 Å². The summed E-state index contributed by atoms with van der Waals surface area (Å²) in [6, 6.07) is 4.65. The molecule has 9 nitrogen and oxygen atoms in total. The summed E-state index contributed by atoms with van der Waals surface area (Å²) in [5.74, 6) is 0.0425. The van der Waals surface area contributed by atoms with Gasteiger partial charge in [0.25, 0.3) is 5.91 Å². The van der Waals surface area contributed by atoms with Gasteiger partial charge in [0.2, 0.25) is 5.91 Å². The molecule has 0 saturated carbocycles. The van der Waals surface area contributed by atoms with E-state index in [1.165, 1.54) is 19.2 Å². The molecule has 0 unspecified atom stereocenters. The van der Waals surface area contributed by atoms with Crippen LogP contribution in [-0.2, 0) is 28.9 Å². The van der Waals surface area contributed by atoms with Crippen LogP contribution in [0.15, 0.2) is 18.2 Å². The molecule has 0 radical (unpaired) electrons. The van der Waals surface area contributed by atoms with Crippen molar-refractivity contribution in [2.75, 3.05) is 51.3 Å². The molecule has 2 aromatic rings. The molecule has 36 heavy (non-hydrogen) atoms. The lowest BCUT2D eigenvalue weighted by molar-refractivity contribution is -0.132. The van der Waals surface area contributed by atoms with Crippen molar-refractivity contribution in [3.05, 3.63) is 41.0 Å². The molecule has 2 atom stereocenters. The molecule has 3 heterocycles. The summed E-state index contributed by atoms with van der Waals surface area (Å²) in [7, 11) is 1.52. The fourth-order valence-corrected chi connectivity index (χ4v) is 5.60. The number of aromatic nitrogens is 2. The Morgan fingerprint density at radius 1 is 1.06 bits per heavy atom. The van der Waals surface area contributed by atoms with Crippen LogP contribution in [0.5, 0.6) is 5.75 Å². The highest BCUT2D eigenvalue weighted by molar-refractivity contribution is 5.94. The Bertz CT molecular complexity index is 1130. The van der Waals surface area contributed by atoms with E-state index in [0.29, 0.717) is 50.7 Å². The fourth-order valence-electron chi connectivity index (χ4n) is 5.60.